The normalized spacial score (nSPS) is 22.1. The van der Waals surface area contributed by atoms with Crippen molar-refractivity contribution in [1.29, 1.82) is 0 Å². The van der Waals surface area contributed by atoms with Crippen LogP contribution in [0.15, 0.2) is 30.3 Å². The van der Waals surface area contributed by atoms with Gasteiger partial charge in [-0.3, -0.25) is 28.8 Å². The maximum atomic E-state index is 14.4. The summed E-state index contributed by atoms with van der Waals surface area (Å²) >= 11 is 0. The molecule has 0 spiro atoms. The molecule has 3 fully saturated rings. The van der Waals surface area contributed by atoms with Gasteiger partial charge in [0.15, 0.2) is 0 Å². The molecule has 4 N–H and O–H groups in total. The van der Waals surface area contributed by atoms with Crippen LogP contribution in [0.3, 0.4) is 0 Å². The second-order valence-electron chi connectivity index (χ2n) is 16.8. The SMILES string of the molecule is CCCC(NC(=O)[C@@H]1[C@@H]2[C@H](CN1C(=O)[C@@H](NC(=O)OC(C)(C)C)C1CCCCC1)C2(C)C)C(=O)C(=O)NCC(=O)N[C@@H](CC(=O)N(C)C)c1ccccc1. The first-order valence-electron chi connectivity index (χ1n) is 19.3. The number of likely N-dealkylation sites (tertiary alicyclic amines) is 1. The minimum absolute atomic E-state index is 0.00194. The van der Waals surface area contributed by atoms with Gasteiger partial charge in [-0.25, -0.2) is 4.79 Å². The standard InChI is InChI=1S/C40H60N6O8/c1-9-16-27(34(49)36(51)41-22-29(47)42-28(21-30(48)45(7)8)24-17-12-10-13-18-24)43-35(50)33-31-26(40(31,5)6)23-46(33)37(52)32(25-19-14-11-15-20-25)44-38(53)54-39(2,3)4/h10,12-13,17-18,25-28,31-33H,9,11,14-16,19-23H2,1-8H3,(H,41,51)(H,42,47)(H,43,50)(H,44,53)/t26-,27?,28-,31-,32-,33-/m0/s1. The lowest BCUT2D eigenvalue weighted by molar-refractivity contribution is -0.145. The Morgan fingerprint density at radius 1 is 0.944 bits per heavy atom. The molecule has 4 rings (SSSR count). The fraction of sp³-hybridized carbons (Fsp3) is 0.675. The highest BCUT2D eigenvalue weighted by atomic mass is 16.6. The summed E-state index contributed by atoms with van der Waals surface area (Å²) in [5, 5.41) is 10.8. The lowest BCUT2D eigenvalue weighted by atomic mass is 9.83. The fourth-order valence-corrected chi connectivity index (χ4v) is 8.04. The maximum Gasteiger partial charge on any atom is 0.408 e. The van der Waals surface area contributed by atoms with Gasteiger partial charge < -0.3 is 35.8 Å². The van der Waals surface area contributed by atoms with E-state index in [-0.39, 0.29) is 47.8 Å². The van der Waals surface area contributed by atoms with Crippen LogP contribution in [0.25, 0.3) is 0 Å². The van der Waals surface area contributed by atoms with Crippen LogP contribution >= 0.6 is 0 Å². The number of Topliss-reactive ketones (excluding diaryl/α,β-unsaturated/α-hetero) is 1. The Balaban J connectivity index is 1.44. The van der Waals surface area contributed by atoms with E-state index in [9.17, 15) is 33.6 Å². The highest BCUT2D eigenvalue weighted by molar-refractivity contribution is 6.38. The fourth-order valence-electron chi connectivity index (χ4n) is 8.04. The first kappa shape index (κ1) is 42.3. The van der Waals surface area contributed by atoms with Gasteiger partial charge >= 0.3 is 6.09 Å². The van der Waals surface area contributed by atoms with Gasteiger partial charge in [-0.05, 0) is 68.8 Å². The number of carbonyl (C=O) groups is 7. The first-order valence-corrected chi connectivity index (χ1v) is 19.3. The molecule has 3 aliphatic rings. The van der Waals surface area contributed by atoms with Gasteiger partial charge in [0.2, 0.25) is 29.4 Å². The number of nitrogens with zero attached hydrogens (tertiary/aromatic N) is 2. The van der Waals surface area contributed by atoms with Gasteiger partial charge in [-0.1, -0.05) is 76.8 Å². The van der Waals surface area contributed by atoms with Crippen molar-refractivity contribution in [3.8, 4) is 0 Å². The van der Waals surface area contributed by atoms with Gasteiger partial charge in [0.1, 0.15) is 17.7 Å². The smallest absolute Gasteiger partial charge is 0.408 e. The lowest BCUT2D eigenvalue weighted by Gasteiger charge is -2.37. The zero-order valence-corrected chi connectivity index (χ0v) is 33.2. The van der Waals surface area contributed by atoms with Crippen molar-refractivity contribution in [2.75, 3.05) is 27.2 Å². The number of alkyl carbamates (subject to hydrolysis) is 1. The third kappa shape index (κ3) is 10.6. The Morgan fingerprint density at radius 3 is 2.19 bits per heavy atom. The zero-order valence-electron chi connectivity index (χ0n) is 33.2. The highest BCUT2D eigenvalue weighted by Crippen LogP contribution is 2.65. The van der Waals surface area contributed by atoms with E-state index >= 15 is 0 Å². The third-order valence-electron chi connectivity index (χ3n) is 11.1. The monoisotopic (exact) mass is 752 g/mol. The van der Waals surface area contributed by atoms with E-state index in [4.69, 9.17) is 4.74 Å². The number of nitrogens with one attached hydrogen (secondary N) is 4. The van der Waals surface area contributed by atoms with Crippen molar-refractivity contribution >= 4 is 41.4 Å². The van der Waals surface area contributed by atoms with E-state index in [2.05, 4.69) is 21.3 Å². The molecular weight excluding hydrogens is 692 g/mol. The number of piperidine rings is 1. The molecule has 14 nitrogen and oxygen atoms in total. The minimum atomic E-state index is -1.19. The second kappa shape index (κ2) is 17.8. The van der Waals surface area contributed by atoms with Gasteiger partial charge in [-0.15, -0.1) is 0 Å². The molecule has 14 heteroatoms. The summed E-state index contributed by atoms with van der Waals surface area (Å²) < 4.78 is 5.52. The zero-order chi connectivity index (χ0) is 40.0. The topological polar surface area (TPSA) is 183 Å². The summed E-state index contributed by atoms with van der Waals surface area (Å²) in [6.45, 7) is 11.0. The third-order valence-corrected chi connectivity index (χ3v) is 11.1. The summed E-state index contributed by atoms with van der Waals surface area (Å²) in [6, 6.07) is 5.35. The molecule has 54 heavy (non-hydrogen) atoms. The number of rotatable bonds is 15. The molecule has 2 aliphatic carbocycles. The molecule has 6 amide bonds. The molecule has 1 saturated heterocycles. The Bertz CT molecular complexity index is 1550. The number of ketones is 1. The van der Waals surface area contributed by atoms with Gasteiger partial charge in [0, 0.05) is 20.6 Å². The van der Waals surface area contributed by atoms with Crippen LogP contribution in [0.1, 0.15) is 105 Å². The average Bonchev–Trinajstić information content (AvgIpc) is 3.42. The number of benzene rings is 1. The van der Waals surface area contributed by atoms with Crippen molar-refractivity contribution in [3.05, 3.63) is 35.9 Å². The van der Waals surface area contributed by atoms with Crippen molar-refractivity contribution < 1.29 is 38.3 Å². The van der Waals surface area contributed by atoms with Gasteiger partial charge in [0.25, 0.3) is 5.91 Å². The highest BCUT2D eigenvalue weighted by Gasteiger charge is 2.69. The van der Waals surface area contributed by atoms with E-state index < -0.39 is 65.9 Å². The molecule has 1 aromatic carbocycles. The first-order chi connectivity index (χ1) is 25.3. The summed E-state index contributed by atoms with van der Waals surface area (Å²) in [4.78, 5) is 96.5. The number of hydrogen-bond donors (Lipinski definition) is 4. The van der Waals surface area contributed by atoms with E-state index in [0.29, 0.717) is 18.5 Å². The van der Waals surface area contributed by atoms with Crippen molar-refractivity contribution in [2.24, 2.45) is 23.2 Å². The maximum absolute atomic E-state index is 14.4. The molecule has 2 saturated carbocycles. The molecule has 6 atom stereocenters. The molecule has 1 unspecified atom stereocenters. The predicted molar refractivity (Wildman–Crippen MR) is 201 cm³/mol. The largest absolute Gasteiger partial charge is 0.444 e. The Morgan fingerprint density at radius 2 is 1.59 bits per heavy atom. The Hall–Kier alpha value is -4.49. The molecule has 0 aromatic heterocycles. The molecule has 1 heterocycles. The minimum Gasteiger partial charge on any atom is -0.444 e. The van der Waals surface area contributed by atoms with Crippen molar-refractivity contribution in [2.45, 2.75) is 123 Å². The molecule has 1 aromatic rings. The van der Waals surface area contributed by atoms with Gasteiger partial charge in [0.05, 0.1) is 25.0 Å². The van der Waals surface area contributed by atoms with Crippen LogP contribution in [0.2, 0.25) is 0 Å². The van der Waals surface area contributed by atoms with Crippen LogP contribution in [0.4, 0.5) is 4.79 Å². The average molecular weight is 753 g/mol. The lowest BCUT2D eigenvalue weighted by Crippen LogP contribution is -2.60. The Kier molecular flexibility index (Phi) is 13.9. The summed E-state index contributed by atoms with van der Waals surface area (Å²) in [7, 11) is 3.24. The number of fused-ring (bicyclic) bond motifs is 1. The number of hydrogen-bond acceptors (Lipinski definition) is 8. The molecular formula is C40H60N6O8. The van der Waals surface area contributed by atoms with Crippen LogP contribution < -0.4 is 21.3 Å². The van der Waals surface area contributed by atoms with E-state index in [0.717, 1.165) is 32.1 Å². The van der Waals surface area contributed by atoms with Crippen LogP contribution in [0.5, 0.6) is 0 Å². The van der Waals surface area contributed by atoms with Crippen LogP contribution in [0, 0.1) is 23.2 Å². The quantitative estimate of drug-likeness (QED) is 0.197. The van der Waals surface area contributed by atoms with E-state index in [1.165, 1.54) is 4.90 Å². The molecule has 0 bridgehead atoms. The van der Waals surface area contributed by atoms with E-state index in [1.54, 1.807) is 64.0 Å². The predicted octanol–water partition coefficient (Wildman–Crippen LogP) is 3.25. The van der Waals surface area contributed by atoms with E-state index in [1.807, 2.05) is 26.8 Å². The molecule has 298 valence electrons. The summed E-state index contributed by atoms with van der Waals surface area (Å²) in [5.41, 5.74) is -0.276. The van der Waals surface area contributed by atoms with Crippen LogP contribution in [-0.2, 0) is 33.5 Å². The molecule has 1 aliphatic heterocycles. The number of ether oxygens (including phenoxy) is 1. The summed E-state index contributed by atoms with van der Waals surface area (Å²) in [5.74, 6) is -3.84. The van der Waals surface area contributed by atoms with Crippen LogP contribution in [-0.4, -0.2) is 102 Å². The Labute approximate surface area is 319 Å². The van der Waals surface area contributed by atoms with Gasteiger partial charge in [-0.2, -0.15) is 0 Å². The number of carbonyl (C=O) groups excluding carboxylic acids is 7. The second-order valence-corrected chi connectivity index (χ2v) is 16.8. The van der Waals surface area contributed by atoms with Crippen molar-refractivity contribution in [1.82, 2.24) is 31.1 Å². The summed E-state index contributed by atoms with van der Waals surface area (Å²) in [6.07, 6.45) is 4.37. The molecule has 0 radical (unpaired) electrons. The van der Waals surface area contributed by atoms with Crippen molar-refractivity contribution in [3.63, 3.8) is 0 Å². The number of amides is 6.